The molecule has 4 aromatic carbocycles. The highest BCUT2D eigenvalue weighted by atomic mass is 15.1. The fraction of sp³-hybridized carbons (Fsp3) is 0.0385. The number of rotatable bonds is 4. The van der Waals surface area contributed by atoms with Crippen molar-refractivity contribution < 1.29 is 0 Å². The quantitative estimate of drug-likeness (QED) is 0.359. The lowest BCUT2D eigenvalue weighted by molar-refractivity contribution is 1.10. The Morgan fingerprint density at radius 3 is 1.93 bits per heavy atom. The van der Waals surface area contributed by atoms with Crippen molar-refractivity contribution in [3.63, 3.8) is 0 Å². The van der Waals surface area contributed by atoms with Crippen LogP contribution in [0.15, 0.2) is 109 Å². The van der Waals surface area contributed by atoms with Gasteiger partial charge in [-0.1, -0.05) is 48.5 Å². The molecule has 0 radical (unpaired) electrons. The molecule has 0 bridgehead atoms. The van der Waals surface area contributed by atoms with Crippen LogP contribution in [0.4, 0.5) is 11.4 Å². The Hall–Kier alpha value is -3.85. The first-order valence-corrected chi connectivity index (χ1v) is 9.73. The summed E-state index contributed by atoms with van der Waals surface area (Å²) in [7, 11) is 2.09. The Labute approximate surface area is 170 Å². The first-order chi connectivity index (χ1) is 14.3. The molecule has 0 fully saturated rings. The zero-order chi connectivity index (χ0) is 19.6. The molecular weight excluding hydrogens is 354 g/mol. The predicted octanol–water partition coefficient (Wildman–Crippen LogP) is 6.46. The third-order valence-corrected chi connectivity index (χ3v) is 5.23. The van der Waals surface area contributed by atoms with Gasteiger partial charge in [-0.25, -0.2) is 4.98 Å². The zero-order valence-corrected chi connectivity index (χ0v) is 16.2. The number of nitrogens with zero attached hydrogens (tertiary/aromatic N) is 3. The SMILES string of the molecule is CN(c1ccccc1)c1ccc(-c2nc3ccccc3n2-c2ccccc2)cc1. The summed E-state index contributed by atoms with van der Waals surface area (Å²) in [6, 6.07) is 37.7. The molecule has 1 aromatic heterocycles. The molecule has 0 amide bonds. The van der Waals surface area contributed by atoms with E-state index in [4.69, 9.17) is 4.98 Å². The molecule has 0 aliphatic heterocycles. The summed E-state index contributed by atoms with van der Waals surface area (Å²) in [5, 5.41) is 0. The average molecular weight is 375 g/mol. The standard InChI is InChI=1S/C26H21N3/c1-28(21-10-4-2-5-11-21)22-18-16-20(17-19-22)26-27-24-14-8-9-15-25(24)29(26)23-12-6-3-7-13-23/h2-19H,1H3. The van der Waals surface area contributed by atoms with Crippen LogP contribution in [-0.2, 0) is 0 Å². The topological polar surface area (TPSA) is 21.1 Å². The van der Waals surface area contributed by atoms with Gasteiger partial charge in [-0.2, -0.15) is 0 Å². The summed E-state index contributed by atoms with van der Waals surface area (Å²) < 4.78 is 2.23. The molecule has 5 aromatic rings. The average Bonchev–Trinajstić information content (AvgIpc) is 3.19. The fourth-order valence-electron chi connectivity index (χ4n) is 3.69. The van der Waals surface area contributed by atoms with Gasteiger partial charge in [-0.05, 0) is 60.7 Å². The Kier molecular flexibility index (Phi) is 4.34. The van der Waals surface area contributed by atoms with E-state index >= 15 is 0 Å². The van der Waals surface area contributed by atoms with Gasteiger partial charge in [0.2, 0.25) is 0 Å². The molecule has 140 valence electrons. The van der Waals surface area contributed by atoms with Crippen LogP contribution in [0.25, 0.3) is 28.1 Å². The van der Waals surface area contributed by atoms with E-state index < -0.39 is 0 Å². The number of fused-ring (bicyclic) bond motifs is 1. The highest BCUT2D eigenvalue weighted by molar-refractivity contribution is 5.83. The summed E-state index contributed by atoms with van der Waals surface area (Å²) in [5.74, 6) is 0.950. The third kappa shape index (κ3) is 3.17. The number of benzene rings is 4. The van der Waals surface area contributed by atoms with Crippen molar-refractivity contribution >= 4 is 22.4 Å². The number of imidazole rings is 1. The Bertz CT molecular complexity index is 1240. The molecule has 0 spiro atoms. The summed E-state index contributed by atoms with van der Waals surface area (Å²) in [5.41, 5.74) is 6.62. The van der Waals surface area contributed by atoms with Crippen molar-refractivity contribution in [1.29, 1.82) is 0 Å². The minimum Gasteiger partial charge on any atom is -0.345 e. The molecule has 0 aliphatic rings. The second-order valence-electron chi connectivity index (χ2n) is 7.04. The first kappa shape index (κ1) is 17.3. The third-order valence-electron chi connectivity index (χ3n) is 5.23. The number of para-hydroxylation sites is 4. The smallest absolute Gasteiger partial charge is 0.145 e. The van der Waals surface area contributed by atoms with Crippen LogP contribution in [0, 0.1) is 0 Å². The van der Waals surface area contributed by atoms with E-state index in [0.29, 0.717) is 0 Å². The number of hydrogen-bond donors (Lipinski definition) is 0. The van der Waals surface area contributed by atoms with Crippen molar-refractivity contribution in [2.24, 2.45) is 0 Å². The fourth-order valence-corrected chi connectivity index (χ4v) is 3.69. The van der Waals surface area contributed by atoms with E-state index in [9.17, 15) is 0 Å². The van der Waals surface area contributed by atoms with Crippen molar-refractivity contribution in [2.75, 3.05) is 11.9 Å². The molecule has 0 N–H and O–H groups in total. The van der Waals surface area contributed by atoms with Gasteiger partial charge >= 0.3 is 0 Å². The summed E-state index contributed by atoms with van der Waals surface area (Å²) in [4.78, 5) is 7.13. The zero-order valence-electron chi connectivity index (χ0n) is 16.2. The van der Waals surface area contributed by atoms with Gasteiger partial charge in [0, 0.05) is 29.7 Å². The van der Waals surface area contributed by atoms with Gasteiger partial charge in [-0.3, -0.25) is 4.57 Å². The van der Waals surface area contributed by atoms with E-state index in [1.54, 1.807) is 0 Å². The van der Waals surface area contributed by atoms with Crippen LogP contribution >= 0.6 is 0 Å². The van der Waals surface area contributed by atoms with Gasteiger partial charge in [-0.15, -0.1) is 0 Å². The maximum Gasteiger partial charge on any atom is 0.145 e. The van der Waals surface area contributed by atoms with Crippen LogP contribution < -0.4 is 4.90 Å². The molecule has 0 saturated carbocycles. The first-order valence-electron chi connectivity index (χ1n) is 9.73. The highest BCUT2D eigenvalue weighted by Crippen LogP contribution is 2.31. The number of aromatic nitrogens is 2. The normalized spacial score (nSPS) is 10.9. The Balaban J connectivity index is 1.60. The second kappa shape index (κ2) is 7.28. The van der Waals surface area contributed by atoms with Crippen LogP contribution in [0.1, 0.15) is 0 Å². The molecule has 0 aliphatic carbocycles. The summed E-state index contributed by atoms with van der Waals surface area (Å²) in [6.45, 7) is 0. The van der Waals surface area contributed by atoms with Crippen molar-refractivity contribution in [3.8, 4) is 17.1 Å². The van der Waals surface area contributed by atoms with E-state index in [1.165, 1.54) is 0 Å². The van der Waals surface area contributed by atoms with Gasteiger partial charge in [0.1, 0.15) is 5.82 Å². The van der Waals surface area contributed by atoms with E-state index in [-0.39, 0.29) is 0 Å². The molecule has 0 unspecified atom stereocenters. The number of anilines is 2. The molecule has 0 atom stereocenters. The van der Waals surface area contributed by atoms with Gasteiger partial charge in [0.15, 0.2) is 0 Å². The second-order valence-corrected chi connectivity index (χ2v) is 7.04. The number of hydrogen-bond acceptors (Lipinski definition) is 2. The van der Waals surface area contributed by atoms with E-state index in [2.05, 4.69) is 108 Å². The maximum atomic E-state index is 4.94. The van der Waals surface area contributed by atoms with E-state index in [1.807, 2.05) is 18.2 Å². The molecule has 3 heteroatoms. The Morgan fingerprint density at radius 1 is 0.621 bits per heavy atom. The molecule has 1 heterocycles. The monoisotopic (exact) mass is 375 g/mol. The molecule has 3 nitrogen and oxygen atoms in total. The van der Waals surface area contributed by atoms with E-state index in [0.717, 1.165) is 39.5 Å². The van der Waals surface area contributed by atoms with Crippen LogP contribution in [0.3, 0.4) is 0 Å². The highest BCUT2D eigenvalue weighted by Gasteiger charge is 2.14. The van der Waals surface area contributed by atoms with Gasteiger partial charge in [0.25, 0.3) is 0 Å². The van der Waals surface area contributed by atoms with Crippen molar-refractivity contribution in [2.45, 2.75) is 0 Å². The summed E-state index contributed by atoms with van der Waals surface area (Å²) >= 11 is 0. The summed E-state index contributed by atoms with van der Waals surface area (Å²) in [6.07, 6.45) is 0. The lowest BCUT2D eigenvalue weighted by atomic mass is 10.1. The van der Waals surface area contributed by atoms with Crippen LogP contribution in [0.5, 0.6) is 0 Å². The maximum absolute atomic E-state index is 4.94. The molecule has 5 rings (SSSR count). The lowest BCUT2D eigenvalue weighted by Crippen LogP contribution is -2.08. The van der Waals surface area contributed by atoms with Crippen LogP contribution in [0.2, 0.25) is 0 Å². The predicted molar refractivity (Wildman–Crippen MR) is 121 cm³/mol. The molecule has 0 saturated heterocycles. The minimum absolute atomic E-state index is 0.950. The van der Waals surface area contributed by atoms with Crippen molar-refractivity contribution in [1.82, 2.24) is 9.55 Å². The molecular formula is C26H21N3. The Morgan fingerprint density at radius 2 is 1.21 bits per heavy atom. The van der Waals surface area contributed by atoms with Gasteiger partial charge in [0.05, 0.1) is 11.0 Å². The van der Waals surface area contributed by atoms with Crippen LogP contribution in [-0.4, -0.2) is 16.6 Å². The van der Waals surface area contributed by atoms with Crippen molar-refractivity contribution in [3.05, 3.63) is 109 Å². The van der Waals surface area contributed by atoms with Gasteiger partial charge < -0.3 is 4.90 Å². The largest absolute Gasteiger partial charge is 0.345 e. The lowest BCUT2D eigenvalue weighted by Gasteiger charge is -2.19. The minimum atomic E-state index is 0.950. The molecule has 29 heavy (non-hydrogen) atoms.